The van der Waals surface area contributed by atoms with Gasteiger partial charge in [-0.3, -0.25) is 4.90 Å². The number of nitrogens with zero attached hydrogens (tertiary/aromatic N) is 5. The first-order chi connectivity index (χ1) is 14.7. The van der Waals surface area contributed by atoms with Crippen molar-refractivity contribution < 1.29 is 4.74 Å². The first kappa shape index (κ1) is 19.3. The second-order valence-electron chi connectivity index (χ2n) is 8.72. The molecule has 0 atom stereocenters. The molecule has 2 N–H and O–H groups in total. The minimum atomic E-state index is 0.357. The molecule has 5 rings (SSSR count). The van der Waals surface area contributed by atoms with Crippen LogP contribution in [0.4, 0.5) is 5.82 Å². The number of ether oxygens (including phenoxy) is 1. The highest BCUT2D eigenvalue weighted by Gasteiger charge is 2.20. The number of hydrogen-bond acceptors (Lipinski definition) is 6. The van der Waals surface area contributed by atoms with Gasteiger partial charge in [0.2, 0.25) is 0 Å². The second kappa shape index (κ2) is 8.22. The van der Waals surface area contributed by atoms with Crippen molar-refractivity contribution in [3.05, 3.63) is 41.2 Å². The first-order valence-corrected chi connectivity index (χ1v) is 11.1. The van der Waals surface area contributed by atoms with Gasteiger partial charge < -0.3 is 15.0 Å². The van der Waals surface area contributed by atoms with Crippen LogP contribution in [0.3, 0.4) is 0 Å². The van der Waals surface area contributed by atoms with Crippen LogP contribution < -0.4 is 10.5 Å². The summed E-state index contributed by atoms with van der Waals surface area (Å²) >= 11 is 0. The molecule has 1 aromatic carbocycles. The summed E-state index contributed by atoms with van der Waals surface area (Å²) in [5.41, 5.74) is 10.2. The molecule has 3 aromatic rings. The first-order valence-electron chi connectivity index (χ1n) is 11.1. The SMILES string of the molecule is Cc1nc2c(N)nc(OCC3CCC3)nc2n1Cc1cccc(CN2CCCC2)c1. The number of nitrogen functional groups attached to an aromatic ring is 1. The van der Waals surface area contributed by atoms with E-state index in [0.29, 0.717) is 36.4 Å². The van der Waals surface area contributed by atoms with Crippen LogP contribution in [0.2, 0.25) is 0 Å². The van der Waals surface area contributed by atoms with Crippen LogP contribution in [-0.4, -0.2) is 44.1 Å². The summed E-state index contributed by atoms with van der Waals surface area (Å²) < 4.78 is 7.97. The van der Waals surface area contributed by atoms with Gasteiger partial charge in [-0.1, -0.05) is 30.7 Å². The highest BCUT2D eigenvalue weighted by atomic mass is 16.5. The molecule has 7 nitrogen and oxygen atoms in total. The van der Waals surface area contributed by atoms with Gasteiger partial charge in [0.1, 0.15) is 5.82 Å². The standard InChI is InChI=1S/C23H30N6O/c1-16-25-20-21(24)26-23(30-15-17-6-4-7-17)27-22(20)29(16)14-19-9-5-8-18(12-19)13-28-10-2-3-11-28/h5,8-9,12,17H,2-4,6-7,10-11,13-15H2,1H3,(H2,24,26,27). The number of rotatable bonds is 7. The Hall–Kier alpha value is -2.67. The van der Waals surface area contributed by atoms with E-state index < -0.39 is 0 Å². The van der Waals surface area contributed by atoms with Gasteiger partial charge >= 0.3 is 6.01 Å². The Balaban J connectivity index is 1.39. The molecule has 0 spiro atoms. The number of hydrogen-bond donors (Lipinski definition) is 1. The predicted molar refractivity (Wildman–Crippen MR) is 117 cm³/mol. The second-order valence-corrected chi connectivity index (χ2v) is 8.72. The maximum atomic E-state index is 6.19. The van der Waals surface area contributed by atoms with E-state index in [-0.39, 0.29) is 0 Å². The average Bonchev–Trinajstić information content (AvgIpc) is 3.30. The van der Waals surface area contributed by atoms with Gasteiger partial charge in [0, 0.05) is 6.54 Å². The van der Waals surface area contributed by atoms with Gasteiger partial charge in [-0.05, 0) is 62.7 Å². The summed E-state index contributed by atoms with van der Waals surface area (Å²) in [6.45, 7) is 6.78. The maximum absolute atomic E-state index is 6.19. The smallest absolute Gasteiger partial charge is 0.320 e. The summed E-state index contributed by atoms with van der Waals surface area (Å²) in [5, 5.41) is 0. The van der Waals surface area contributed by atoms with Crippen molar-refractivity contribution in [3.8, 4) is 6.01 Å². The number of likely N-dealkylation sites (tertiary alicyclic amines) is 1. The maximum Gasteiger partial charge on any atom is 0.320 e. The van der Waals surface area contributed by atoms with E-state index >= 15 is 0 Å². The number of nitrogens with two attached hydrogens (primary N) is 1. The largest absolute Gasteiger partial charge is 0.463 e. The van der Waals surface area contributed by atoms with Crippen LogP contribution in [0.15, 0.2) is 24.3 Å². The molecule has 2 aliphatic rings. The highest BCUT2D eigenvalue weighted by Crippen LogP contribution is 2.28. The Morgan fingerprint density at radius 1 is 1.03 bits per heavy atom. The zero-order valence-electron chi connectivity index (χ0n) is 17.7. The van der Waals surface area contributed by atoms with Crippen molar-refractivity contribution >= 4 is 17.0 Å². The van der Waals surface area contributed by atoms with Crippen LogP contribution in [-0.2, 0) is 13.1 Å². The predicted octanol–water partition coefficient (Wildman–Crippen LogP) is 3.54. The van der Waals surface area contributed by atoms with Crippen LogP contribution in [0.1, 0.15) is 49.1 Å². The van der Waals surface area contributed by atoms with Crippen LogP contribution in [0.5, 0.6) is 6.01 Å². The van der Waals surface area contributed by atoms with Gasteiger partial charge in [-0.25, -0.2) is 4.98 Å². The Morgan fingerprint density at radius 2 is 1.80 bits per heavy atom. The number of fused-ring (bicyclic) bond motifs is 1. The summed E-state index contributed by atoms with van der Waals surface area (Å²) in [5.74, 6) is 1.89. The quantitative estimate of drug-likeness (QED) is 0.646. The zero-order chi connectivity index (χ0) is 20.5. The molecule has 7 heteroatoms. The summed E-state index contributed by atoms with van der Waals surface area (Å²) in [4.78, 5) is 16.1. The van der Waals surface area contributed by atoms with Crippen LogP contribution >= 0.6 is 0 Å². The Kier molecular flexibility index (Phi) is 5.29. The number of anilines is 1. The normalized spacial score (nSPS) is 17.5. The van der Waals surface area contributed by atoms with Crippen molar-refractivity contribution in [2.45, 2.75) is 52.1 Å². The van der Waals surface area contributed by atoms with E-state index in [9.17, 15) is 0 Å². The average molecular weight is 407 g/mol. The van der Waals surface area contributed by atoms with E-state index in [2.05, 4.69) is 48.7 Å². The molecular formula is C23H30N6O. The third kappa shape index (κ3) is 3.99. The highest BCUT2D eigenvalue weighted by molar-refractivity contribution is 5.82. The molecule has 0 amide bonds. The molecule has 2 aromatic heterocycles. The molecule has 1 saturated heterocycles. The third-order valence-corrected chi connectivity index (χ3v) is 6.40. The lowest BCUT2D eigenvalue weighted by Gasteiger charge is -2.24. The lowest BCUT2D eigenvalue weighted by Crippen LogP contribution is -2.20. The van der Waals surface area contributed by atoms with Crippen molar-refractivity contribution in [3.63, 3.8) is 0 Å². The van der Waals surface area contributed by atoms with Gasteiger partial charge in [-0.15, -0.1) is 0 Å². The Labute approximate surface area is 177 Å². The summed E-state index contributed by atoms with van der Waals surface area (Å²) in [6, 6.07) is 9.18. The Morgan fingerprint density at radius 3 is 2.53 bits per heavy atom. The van der Waals surface area contributed by atoms with Crippen molar-refractivity contribution in [2.24, 2.45) is 5.92 Å². The molecule has 1 saturated carbocycles. The molecule has 30 heavy (non-hydrogen) atoms. The van der Waals surface area contributed by atoms with Gasteiger partial charge in [-0.2, -0.15) is 9.97 Å². The molecule has 3 heterocycles. The molecule has 0 radical (unpaired) electrons. The fourth-order valence-electron chi connectivity index (χ4n) is 4.42. The van der Waals surface area contributed by atoms with Crippen LogP contribution in [0.25, 0.3) is 11.2 Å². The van der Waals surface area contributed by atoms with E-state index in [1.54, 1.807) is 0 Å². The van der Waals surface area contributed by atoms with Gasteiger partial charge in [0.25, 0.3) is 0 Å². The molecule has 1 aliphatic heterocycles. The molecular weight excluding hydrogens is 376 g/mol. The van der Waals surface area contributed by atoms with Crippen molar-refractivity contribution in [2.75, 3.05) is 25.4 Å². The molecule has 2 fully saturated rings. The summed E-state index contributed by atoms with van der Waals surface area (Å²) in [6.07, 6.45) is 6.36. The van der Waals surface area contributed by atoms with Crippen molar-refractivity contribution in [1.29, 1.82) is 0 Å². The van der Waals surface area contributed by atoms with Crippen LogP contribution in [0, 0.1) is 12.8 Å². The fraction of sp³-hybridized carbons (Fsp3) is 0.522. The minimum Gasteiger partial charge on any atom is -0.463 e. The number of aromatic nitrogens is 4. The monoisotopic (exact) mass is 406 g/mol. The number of benzene rings is 1. The zero-order valence-corrected chi connectivity index (χ0v) is 17.7. The van der Waals surface area contributed by atoms with E-state index in [1.165, 1.54) is 56.3 Å². The topological polar surface area (TPSA) is 82.1 Å². The molecule has 0 unspecified atom stereocenters. The lowest BCUT2D eigenvalue weighted by atomic mass is 9.86. The Bertz CT molecular complexity index is 1040. The molecule has 158 valence electrons. The summed E-state index contributed by atoms with van der Waals surface area (Å²) in [7, 11) is 0. The fourth-order valence-corrected chi connectivity index (χ4v) is 4.42. The van der Waals surface area contributed by atoms with E-state index in [4.69, 9.17) is 10.5 Å². The molecule has 1 aliphatic carbocycles. The number of aryl methyl sites for hydroxylation is 1. The molecule has 0 bridgehead atoms. The lowest BCUT2D eigenvalue weighted by molar-refractivity contribution is 0.170. The number of imidazole rings is 1. The van der Waals surface area contributed by atoms with E-state index in [1.807, 2.05) is 6.92 Å². The van der Waals surface area contributed by atoms with Gasteiger partial charge in [0.15, 0.2) is 17.0 Å². The van der Waals surface area contributed by atoms with E-state index in [0.717, 1.165) is 18.0 Å². The third-order valence-electron chi connectivity index (χ3n) is 6.40. The minimum absolute atomic E-state index is 0.357. The van der Waals surface area contributed by atoms with Crippen molar-refractivity contribution in [1.82, 2.24) is 24.4 Å². The van der Waals surface area contributed by atoms with Gasteiger partial charge in [0.05, 0.1) is 13.2 Å².